The summed E-state index contributed by atoms with van der Waals surface area (Å²) in [5.74, 6) is 1.74. The van der Waals surface area contributed by atoms with Crippen molar-refractivity contribution in [1.29, 1.82) is 0 Å². The molecule has 1 aliphatic rings. The van der Waals surface area contributed by atoms with E-state index in [0.717, 1.165) is 18.8 Å². The van der Waals surface area contributed by atoms with Crippen LogP contribution in [-0.4, -0.2) is 17.0 Å². The van der Waals surface area contributed by atoms with Crippen molar-refractivity contribution in [3.8, 4) is 0 Å². The fourth-order valence-corrected chi connectivity index (χ4v) is 3.40. The highest BCUT2D eigenvalue weighted by atomic mass is 16.3. The van der Waals surface area contributed by atoms with Crippen molar-refractivity contribution in [1.82, 2.24) is 0 Å². The Morgan fingerprint density at radius 2 is 1.80 bits per heavy atom. The minimum Gasteiger partial charge on any atom is -0.393 e. The molecule has 0 spiro atoms. The first kappa shape index (κ1) is 17.7. The molecule has 0 heterocycles. The zero-order chi connectivity index (χ0) is 15.0. The van der Waals surface area contributed by atoms with Gasteiger partial charge in [0.2, 0.25) is 0 Å². The Kier molecular flexibility index (Phi) is 8.44. The van der Waals surface area contributed by atoms with E-state index in [4.69, 9.17) is 0 Å². The number of rotatable bonds is 9. The van der Waals surface area contributed by atoms with Gasteiger partial charge < -0.3 is 5.11 Å². The Balaban J connectivity index is 2.18. The van der Waals surface area contributed by atoms with Gasteiger partial charge in [-0.25, -0.2) is 0 Å². The van der Waals surface area contributed by atoms with Crippen molar-refractivity contribution >= 4 is 5.78 Å². The van der Waals surface area contributed by atoms with Crippen LogP contribution in [0.4, 0.5) is 0 Å². The predicted molar refractivity (Wildman–Crippen MR) is 84.7 cm³/mol. The van der Waals surface area contributed by atoms with Gasteiger partial charge >= 0.3 is 0 Å². The SMILES string of the molecule is CCCCCC1CCC(C(O)CCC(C)C(C)=O)CC1. The van der Waals surface area contributed by atoms with Gasteiger partial charge in [-0.3, -0.25) is 4.79 Å². The maximum absolute atomic E-state index is 11.2. The van der Waals surface area contributed by atoms with E-state index >= 15 is 0 Å². The molecule has 1 fully saturated rings. The number of carbonyl (C=O) groups is 1. The van der Waals surface area contributed by atoms with Gasteiger partial charge in [-0.15, -0.1) is 0 Å². The Morgan fingerprint density at radius 1 is 1.15 bits per heavy atom. The summed E-state index contributed by atoms with van der Waals surface area (Å²) < 4.78 is 0. The van der Waals surface area contributed by atoms with E-state index in [1.165, 1.54) is 51.4 Å². The van der Waals surface area contributed by atoms with Gasteiger partial charge in [0, 0.05) is 5.92 Å². The standard InChI is InChI=1S/C18H34O2/c1-4-5-6-7-16-9-11-17(12-10-16)18(20)13-8-14(2)15(3)19/h14,16-18,20H,4-13H2,1-3H3. The van der Waals surface area contributed by atoms with E-state index in [1.807, 2.05) is 6.92 Å². The fourth-order valence-electron chi connectivity index (χ4n) is 3.40. The van der Waals surface area contributed by atoms with E-state index < -0.39 is 0 Å². The van der Waals surface area contributed by atoms with E-state index in [2.05, 4.69) is 6.92 Å². The van der Waals surface area contributed by atoms with E-state index in [1.54, 1.807) is 6.92 Å². The van der Waals surface area contributed by atoms with Crippen LogP contribution < -0.4 is 0 Å². The number of hydrogen-bond acceptors (Lipinski definition) is 2. The molecule has 20 heavy (non-hydrogen) atoms. The lowest BCUT2D eigenvalue weighted by Crippen LogP contribution is -2.26. The van der Waals surface area contributed by atoms with Gasteiger partial charge in [0.1, 0.15) is 5.78 Å². The van der Waals surface area contributed by atoms with Crippen LogP contribution in [0.15, 0.2) is 0 Å². The highest BCUT2D eigenvalue weighted by molar-refractivity contribution is 5.77. The lowest BCUT2D eigenvalue weighted by atomic mass is 9.76. The zero-order valence-electron chi connectivity index (χ0n) is 13.7. The van der Waals surface area contributed by atoms with Crippen molar-refractivity contribution in [3.63, 3.8) is 0 Å². The third-order valence-corrected chi connectivity index (χ3v) is 5.24. The number of ketones is 1. The molecule has 0 aromatic rings. The summed E-state index contributed by atoms with van der Waals surface area (Å²) in [5.41, 5.74) is 0. The van der Waals surface area contributed by atoms with Crippen molar-refractivity contribution in [2.75, 3.05) is 0 Å². The van der Waals surface area contributed by atoms with Crippen molar-refractivity contribution < 1.29 is 9.90 Å². The summed E-state index contributed by atoms with van der Waals surface area (Å²) in [6.45, 7) is 5.88. The lowest BCUT2D eigenvalue weighted by Gasteiger charge is -2.32. The maximum atomic E-state index is 11.2. The molecule has 0 saturated heterocycles. The molecule has 2 heteroatoms. The molecule has 2 atom stereocenters. The molecular formula is C18H34O2. The second-order valence-corrected chi connectivity index (χ2v) is 6.93. The second-order valence-electron chi connectivity index (χ2n) is 6.93. The first-order valence-corrected chi connectivity index (χ1v) is 8.73. The molecule has 0 bridgehead atoms. The van der Waals surface area contributed by atoms with Crippen LogP contribution in [0.5, 0.6) is 0 Å². The average Bonchev–Trinajstić information content (AvgIpc) is 2.45. The number of aliphatic hydroxyl groups excluding tert-OH is 1. The Bertz CT molecular complexity index is 267. The monoisotopic (exact) mass is 282 g/mol. The second kappa shape index (κ2) is 9.55. The molecule has 1 saturated carbocycles. The summed E-state index contributed by atoms with van der Waals surface area (Å²) in [5, 5.41) is 10.3. The number of aliphatic hydroxyl groups is 1. The van der Waals surface area contributed by atoms with Crippen LogP contribution in [0.2, 0.25) is 0 Å². The minimum atomic E-state index is -0.187. The highest BCUT2D eigenvalue weighted by Crippen LogP contribution is 2.35. The molecule has 0 radical (unpaired) electrons. The summed E-state index contributed by atoms with van der Waals surface area (Å²) in [6, 6.07) is 0. The number of hydrogen-bond donors (Lipinski definition) is 1. The Morgan fingerprint density at radius 3 is 2.35 bits per heavy atom. The molecule has 0 aromatic carbocycles. The quantitative estimate of drug-likeness (QED) is 0.620. The van der Waals surface area contributed by atoms with Crippen LogP contribution in [0.3, 0.4) is 0 Å². The maximum Gasteiger partial charge on any atom is 0.132 e. The first-order valence-electron chi connectivity index (χ1n) is 8.73. The number of carbonyl (C=O) groups excluding carboxylic acids is 1. The van der Waals surface area contributed by atoms with E-state index in [-0.39, 0.29) is 17.8 Å². The van der Waals surface area contributed by atoms with Crippen LogP contribution in [0, 0.1) is 17.8 Å². The topological polar surface area (TPSA) is 37.3 Å². The molecule has 1 rings (SSSR count). The van der Waals surface area contributed by atoms with Crippen LogP contribution in [0.25, 0.3) is 0 Å². The van der Waals surface area contributed by atoms with E-state index in [9.17, 15) is 9.90 Å². The van der Waals surface area contributed by atoms with Crippen molar-refractivity contribution in [2.24, 2.45) is 17.8 Å². The third-order valence-electron chi connectivity index (χ3n) is 5.24. The number of unbranched alkanes of at least 4 members (excludes halogenated alkanes) is 2. The fraction of sp³-hybridized carbons (Fsp3) is 0.944. The minimum absolute atomic E-state index is 0.107. The van der Waals surface area contributed by atoms with Gasteiger partial charge in [-0.05, 0) is 44.4 Å². The van der Waals surface area contributed by atoms with Crippen LogP contribution in [0.1, 0.15) is 85.0 Å². The molecule has 0 aromatic heterocycles. The summed E-state index contributed by atoms with van der Waals surface area (Å²) in [7, 11) is 0. The normalized spacial score (nSPS) is 26.2. The highest BCUT2D eigenvalue weighted by Gasteiger charge is 2.26. The largest absolute Gasteiger partial charge is 0.393 e. The molecule has 1 N–H and O–H groups in total. The summed E-state index contributed by atoms with van der Waals surface area (Å²) in [6.07, 6.45) is 11.9. The van der Waals surface area contributed by atoms with Crippen LogP contribution >= 0.6 is 0 Å². The van der Waals surface area contributed by atoms with Crippen molar-refractivity contribution in [2.45, 2.75) is 91.1 Å². The molecule has 2 unspecified atom stereocenters. The van der Waals surface area contributed by atoms with Gasteiger partial charge in [-0.1, -0.05) is 52.4 Å². The first-order chi connectivity index (χ1) is 9.54. The summed E-state index contributed by atoms with van der Waals surface area (Å²) >= 11 is 0. The molecule has 0 aliphatic heterocycles. The summed E-state index contributed by atoms with van der Waals surface area (Å²) in [4.78, 5) is 11.2. The van der Waals surface area contributed by atoms with E-state index in [0.29, 0.717) is 5.92 Å². The van der Waals surface area contributed by atoms with Gasteiger partial charge in [0.15, 0.2) is 0 Å². The molecule has 2 nitrogen and oxygen atoms in total. The zero-order valence-corrected chi connectivity index (χ0v) is 13.7. The molecule has 118 valence electrons. The van der Waals surface area contributed by atoms with Crippen LogP contribution in [-0.2, 0) is 4.79 Å². The Hall–Kier alpha value is -0.370. The predicted octanol–water partition coefficient (Wildman–Crippen LogP) is 4.74. The van der Waals surface area contributed by atoms with Crippen molar-refractivity contribution in [3.05, 3.63) is 0 Å². The lowest BCUT2D eigenvalue weighted by molar-refractivity contribution is -0.120. The molecule has 1 aliphatic carbocycles. The molecule has 0 amide bonds. The average molecular weight is 282 g/mol. The number of Topliss-reactive ketones (excluding diaryl/α,β-unsaturated/α-hetero) is 1. The van der Waals surface area contributed by atoms with Gasteiger partial charge in [0.25, 0.3) is 0 Å². The Labute approximate surface area is 125 Å². The van der Waals surface area contributed by atoms with Gasteiger partial charge in [0.05, 0.1) is 6.10 Å². The smallest absolute Gasteiger partial charge is 0.132 e. The van der Waals surface area contributed by atoms with Gasteiger partial charge in [-0.2, -0.15) is 0 Å². The molecular weight excluding hydrogens is 248 g/mol. The third kappa shape index (κ3) is 6.39.